The maximum absolute atomic E-state index is 2.42. The van der Waals surface area contributed by atoms with Gasteiger partial charge in [0.1, 0.15) is 0 Å². The lowest BCUT2D eigenvalue weighted by molar-refractivity contribution is 0.0769. The van der Waals surface area contributed by atoms with Crippen molar-refractivity contribution < 1.29 is 0 Å². The normalized spacial score (nSPS) is 18.4. The van der Waals surface area contributed by atoms with Crippen LogP contribution in [-0.4, -0.2) is 0 Å². The summed E-state index contributed by atoms with van der Waals surface area (Å²) in [7, 11) is 0. The van der Waals surface area contributed by atoms with Crippen molar-refractivity contribution in [1.29, 1.82) is 0 Å². The predicted octanol–water partition coefficient (Wildman–Crippen LogP) is 18.3. The highest BCUT2D eigenvalue weighted by Gasteiger charge is 2.36. The molecule has 2 unspecified atom stereocenters. The van der Waals surface area contributed by atoms with Crippen molar-refractivity contribution in [3.8, 4) is 0 Å². The highest BCUT2D eigenvalue weighted by molar-refractivity contribution is 7.12. The van der Waals surface area contributed by atoms with E-state index >= 15 is 0 Å². The Morgan fingerprint density at radius 3 is 1.32 bits per heavy atom. The molecule has 326 valence electrons. The third kappa shape index (κ3) is 15.2. The number of rotatable bonds is 1. The molecule has 0 aliphatic heterocycles. The molecule has 1 aromatic carbocycles. The second kappa shape index (κ2) is 19.6. The van der Waals surface area contributed by atoms with Crippen LogP contribution in [-0.2, 0) is 45.3 Å². The molecule has 2 aliphatic rings. The maximum Gasteiger partial charge on any atom is 0.0142 e. The van der Waals surface area contributed by atoms with Crippen LogP contribution in [0, 0.1) is 23.2 Å². The SMILES string of the molecule is CC(C)(C)c1ccccc1C(C)(C)C.CC(C)(C)c1ccsc1C(C)(C)C.CC(C)(C)c1sc2c(c1C(C)(C)C)CCCC2.CC(C)C1CCCCC1C(C)(C)C. The Kier molecular flexibility index (Phi) is 17.8. The van der Waals surface area contributed by atoms with E-state index in [9.17, 15) is 0 Å². The minimum atomic E-state index is 0.240. The molecule has 1 fully saturated rings. The van der Waals surface area contributed by atoms with Crippen molar-refractivity contribution in [2.75, 3.05) is 0 Å². The zero-order valence-corrected chi connectivity index (χ0v) is 43.8. The Hall–Kier alpha value is -1.38. The second-order valence-corrected chi connectivity index (χ2v) is 27.3. The molecule has 2 aromatic heterocycles. The van der Waals surface area contributed by atoms with Crippen LogP contribution < -0.4 is 0 Å². The summed E-state index contributed by atoms with van der Waals surface area (Å²) in [5, 5.41) is 2.21. The molecule has 2 heterocycles. The number of aryl methyl sites for hydroxylation is 1. The van der Waals surface area contributed by atoms with Gasteiger partial charge >= 0.3 is 0 Å². The standard InChI is InChI=1S/C16H26S.C14H22.C13H26.C12H20S/c1-15(2,3)13-11-9-7-8-10-12(11)17-14(13)16(4,5)6;1-13(2,3)11-9-7-8-10-12(11)14(4,5)6;1-10(2)11-8-6-7-9-12(11)13(3,4)5;1-11(2,3)9-7-8-13-10(9)12(4,5)6/h7-10H2,1-6H3;7-10H,1-6H3;10-12H,6-9H2,1-5H3;7-8H,1-6H3. The van der Waals surface area contributed by atoms with Gasteiger partial charge in [-0.05, 0) is 133 Å². The first-order valence-electron chi connectivity index (χ1n) is 22.9. The topological polar surface area (TPSA) is 0 Å². The molecule has 57 heavy (non-hydrogen) atoms. The molecule has 0 bridgehead atoms. The molecule has 0 amide bonds. The Morgan fingerprint density at radius 2 is 0.947 bits per heavy atom. The summed E-state index contributed by atoms with van der Waals surface area (Å²) in [6, 6.07) is 11.0. The van der Waals surface area contributed by atoms with Gasteiger partial charge in [0.2, 0.25) is 0 Å². The van der Waals surface area contributed by atoms with Gasteiger partial charge in [-0.3, -0.25) is 0 Å². The molecule has 0 nitrogen and oxygen atoms in total. The van der Waals surface area contributed by atoms with Crippen LogP contribution >= 0.6 is 22.7 Å². The summed E-state index contributed by atoms with van der Waals surface area (Å²) in [6.07, 6.45) is 11.3. The Labute approximate surface area is 365 Å². The van der Waals surface area contributed by atoms with E-state index in [1.165, 1.54) is 72.9 Å². The summed E-state index contributed by atoms with van der Waals surface area (Å²) in [5.74, 6) is 2.82. The van der Waals surface area contributed by atoms with E-state index < -0.39 is 0 Å². The third-order valence-corrected chi connectivity index (χ3v) is 15.1. The van der Waals surface area contributed by atoms with Gasteiger partial charge in [0.15, 0.2) is 0 Å². The first-order chi connectivity index (χ1) is 25.6. The van der Waals surface area contributed by atoms with E-state index in [0.717, 1.165) is 17.8 Å². The minimum Gasteiger partial charge on any atom is -0.148 e. The van der Waals surface area contributed by atoms with Crippen LogP contribution in [0.25, 0.3) is 0 Å². The number of hydrogen-bond acceptors (Lipinski definition) is 2. The molecular weight excluding hydrogens is 725 g/mol. The molecule has 5 rings (SSSR count). The number of thiophene rings is 2. The van der Waals surface area contributed by atoms with Crippen LogP contribution in [0.15, 0.2) is 35.7 Å². The van der Waals surface area contributed by atoms with Gasteiger partial charge in [-0.1, -0.05) is 196 Å². The smallest absolute Gasteiger partial charge is 0.0142 e. The molecule has 2 heteroatoms. The average Bonchev–Trinajstić information content (AvgIpc) is 3.71. The van der Waals surface area contributed by atoms with E-state index in [0.29, 0.717) is 16.2 Å². The van der Waals surface area contributed by atoms with E-state index in [1.54, 1.807) is 20.9 Å². The number of benzene rings is 1. The summed E-state index contributed by atoms with van der Waals surface area (Å²) in [5.41, 5.74) is 9.98. The first-order valence-corrected chi connectivity index (χ1v) is 24.6. The second-order valence-electron chi connectivity index (χ2n) is 25.3. The maximum atomic E-state index is 2.42. The predicted molar refractivity (Wildman–Crippen MR) is 264 cm³/mol. The summed E-state index contributed by atoms with van der Waals surface area (Å²) < 4.78 is 0. The molecule has 0 radical (unpaired) electrons. The van der Waals surface area contributed by atoms with Gasteiger partial charge in [0, 0.05) is 14.6 Å². The minimum absolute atomic E-state index is 0.240. The van der Waals surface area contributed by atoms with E-state index in [1.807, 2.05) is 11.3 Å². The lowest BCUT2D eigenvalue weighted by atomic mass is 9.63. The molecule has 2 aliphatic carbocycles. The van der Waals surface area contributed by atoms with Crippen LogP contribution in [0.4, 0.5) is 0 Å². The number of hydrogen-bond donors (Lipinski definition) is 0. The Morgan fingerprint density at radius 1 is 0.491 bits per heavy atom. The molecule has 0 spiro atoms. The third-order valence-electron chi connectivity index (χ3n) is 12.1. The summed E-state index contributed by atoms with van der Waals surface area (Å²) in [6.45, 7) is 53.6. The van der Waals surface area contributed by atoms with Crippen molar-refractivity contribution in [3.05, 3.63) is 78.2 Å². The van der Waals surface area contributed by atoms with Crippen molar-refractivity contribution >= 4 is 22.7 Å². The van der Waals surface area contributed by atoms with Crippen molar-refractivity contribution in [2.24, 2.45) is 23.2 Å². The van der Waals surface area contributed by atoms with E-state index in [4.69, 9.17) is 0 Å². The van der Waals surface area contributed by atoms with Crippen LogP contribution in [0.2, 0.25) is 0 Å². The first kappa shape index (κ1) is 51.8. The largest absolute Gasteiger partial charge is 0.148 e. The Bertz CT molecular complexity index is 1580. The summed E-state index contributed by atoms with van der Waals surface area (Å²) >= 11 is 3.98. The van der Waals surface area contributed by atoms with Crippen molar-refractivity contribution in [2.45, 2.75) is 243 Å². The fourth-order valence-electron chi connectivity index (χ4n) is 9.19. The van der Waals surface area contributed by atoms with Gasteiger partial charge in [-0.2, -0.15) is 0 Å². The van der Waals surface area contributed by atoms with Gasteiger partial charge in [-0.25, -0.2) is 0 Å². The fraction of sp³-hybridized carbons (Fsp3) is 0.745. The molecule has 0 saturated heterocycles. The molecule has 0 N–H and O–H groups in total. The van der Waals surface area contributed by atoms with Crippen LogP contribution in [0.5, 0.6) is 0 Å². The summed E-state index contributed by atoms with van der Waals surface area (Å²) in [4.78, 5) is 4.85. The van der Waals surface area contributed by atoms with E-state index in [2.05, 4.69) is 206 Å². The highest BCUT2D eigenvalue weighted by Crippen LogP contribution is 2.46. The van der Waals surface area contributed by atoms with Gasteiger partial charge in [-0.15, -0.1) is 22.7 Å². The highest BCUT2D eigenvalue weighted by atomic mass is 32.1. The molecule has 3 aromatic rings. The van der Waals surface area contributed by atoms with E-state index in [-0.39, 0.29) is 21.7 Å². The lowest BCUT2D eigenvalue weighted by Gasteiger charge is -2.42. The van der Waals surface area contributed by atoms with Crippen LogP contribution in [0.3, 0.4) is 0 Å². The fourth-order valence-corrected chi connectivity index (χ4v) is 12.0. The van der Waals surface area contributed by atoms with Gasteiger partial charge in [0.05, 0.1) is 0 Å². The monoisotopic (exact) mass is 819 g/mol. The Balaban J connectivity index is 0.000000264. The number of fused-ring (bicyclic) bond motifs is 1. The molecule has 1 saturated carbocycles. The van der Waals surface area contributed by atoms with Crippen molar-refractivity contribution in [1.82, 2.24) is 0 Å². The van der Waals surface area contributed by atoms with Gasteiger partial charge < -0.3 is 0 Å². The zero-order chi connectivity index (χ0) is 44.2. The van der Waals surface area contributed by atoms with Gasteiger partial charge in [0.25, 0.3) is 0 Å². The average molecular weight is 819 g/mol. The molecular formula is C55H94S2. The van der Waals surface area contributed by atoms with Crippen LogP contribution in [0.1, 0.15) is 240 Å². The lowest BCUT2D eigenvalue weighted by Crippen LogP contribution is -2.33. The quantitative estimate of drug-likeness (QED) is 0.229. The van der Waals surface area contributed by atoms with Crippen molar-refractivity contribution in [3.63, 3.8) is 0 Å². The zero-order valence-electron chi connectivity index (χ0n) is 42.2. The molecule has 2 atom stereocenters.